The minimum atomic E-state index is 0.667. The Morgan fingerprint density at radius 1 is 1.44 bits per heavy atom. The van der Waals surface area contributed by atoms with Crippen molar-refractivity contribution in [3.05, 3.63) is 12.3 Å². The normalized spacial score (nSPS) is 16.1. The van der Waals surface area contributed by atoms with Crippen LogP contribution < -0.4 is 16.4 Å². The molecular formula is C6H15N3. The second kappa shape index (κ2) is 5.59. The highest BCUT2D eigenvalue weighted by molar-refractivity contribution is 4.76. The van der Waals surface area contributed by atoms with Crippen molar-refractivity contribution in [1.29, 1.82) is 0 Å². The molecule has 0 saturated carbocycles. The third-order valence-electron chi connectivity index (χ3n) is 0.729. The Hall–Kier alpha value is -0.540. The van der Waals surface area contributed by atoms with Crippen molar-refractivity contribution >= 4 is 0 Å². The first-order chi connectivity index (χ1) is 4.23. The van der Waals surface area contributed by atoms with Crippen molar-refractivity contribution in [2.24, 2.45) is 5.73 Å². The van der Waals surface area contributed by atoms with E-state index in [-0.39, 0.29) is 0 Å². The van der Waals surface area contributed by atoms with E-state index in [0.29, 0.717) is 5.70 Å². The summed E-state index contributed by atoms with van der Waals surface area (Å²) >= 11 is 0. The van der Waals surface area contributed by atoms with E-state index in [9.17, 15) is 0 Å². The van der Waals surface area contributed by atoms with E-state index in [0.717, 1.165) is 19.8 Å². The molecule has 0 aromatic heterocycles. The van der Waals surface area contributed by atoms with Crippen LogP contribution in [0, 0.1) is 0 Å². The van der Waals surface area contributed by atoms with Gasteiger partial charge in [-0.25, -0.2) is 0 Å². The van der Waals surface area contributed by atoms with Crippen LogP contribution in [-0.4, -0.2) is 19.8 Å². The van der Waals surface area contributed by atoms with Crippen molar-refractivity contribution in [2.45, 2.75) is 6.92 Å². The van der Waals surface area contributed by atoms with Gasteiger partial charge in [0.25, 0.3) is 0 Å². The van der Waals surface area contributed by atoms with Gasteiger partial charge < -0.3 is 16.4 Å². The summed E-state index contributed by atoms with van der Waals surface area (Å²) in [4.78, 5) is 0. The molecule has 1 fully saturated rings. The summed E-state index contributed by atoms with van der Waals surface area (Å²) in [6.45, 7) is 8.36. The zero-order valence-electron chi connectivity index (χ0n) is 5.91. The maximum Gasteiger partial charge on any atom is 0.0455 e. The number of nitrogens with one attached hydrogen (secondary N) is 2. The van der Waals surface area contributed by atoms with Crippen LogP contribution in [0.25, 0.3) is 0 Å². The van der Waals surface area contributed by atoms with Gasteiger partial charge >= 0.3 is 0 Å². The maximum atomic E-state index is 4.92. The molecule has 0 amide bonds. The number of hydrogen-bond acceptors (Lipinski definition) is 3. The van der Waals surface area contributed by atoms with Gasteiger partial charge in [-0.1, -0.05) is 6.58 Å². The van der Waals surface area contributed by atoms with Crippen molar-refractivity contribution < 1.29 is 0 Å². The lowest BCUT2D eigenvalue weighted by molar-refractivity contribution is 0.807. The van der Waals surface area contributed by atoms with E-state index in [2.05, 4.69) is 17.2 Å². The van der Waals surface area contributed by atoms with E-state index < -0.39 is 0 Å². The second-order valence-electron chi connectivity index (χ2n) is 2.02. The lowest BCUT2D eigenvalue weighted by Crippen LogP contribution is -2.11. The van der Waals surface area contributed by atoms with E-state index in [4.69, 9.17) is 5.73 Å². The van der Waals surface area contributed by atoms with Gasteiger partial charge in [0, 0.05) is 19.8 Å². The van der Waals surface area contributed by atoms with E-state index in [1.54, 1.807) is 6.92 Å². The van der Waals surface area contributed by atoms with E-state index in [1.807, 2.05) is 0 Å². The highest BCUT2D eigenvalue weighted by Gasteiger charge is 1.90. The van der Waals surface area contributed by atoms with Crippen LogP contribution in [0.15, 0.2) is 12.3 Å². The average Bonchev–Trinajstić information content (AvgIpc) is 2.11. The first kappa shape index (κ1) is 8.46. The summed E-state index contributed by atoms with van der Waals surface area (Å²) < 4.78 is 0. The van der Waals surface area contributed by atoms with Crippen molar-refractivity contribution in [3.8, 4) is 0 Å². The Bertz CT molecular complexity index is 64.8. The molecular weight excluding hydrogens is 114 g/mol. The third-order valence-corrected chi connectivity index (χ3v) is 0.729. The van der Waals surface area contributed by atoms with Crippen LogP contribution in [0.5, 0.6) is 0 Å². The number of hydrogen-bond donors (Lipinski definition) is 3. The fourth-order valence-corrected chi connectivity index (χ4v) is 0.442. The Balaban J connectivity index is 0.000000148. The van der Waals surface area contributed by atoms with Crippen molar-refractivity contribution in [2.75, 3.05) is 19.8 Å². The van der Waals surface area contributed by atoms with Crippen LogP contribution in [0.1, 0.15) is 6.92 Å². The minimum Gasteiger partial charge on any atom is -0.403 e. The van der Waals surface area contributed by atoms with Gasteiger partial charge in [-0.15, -0.1) is 0 Å². The average molecular weight is 129 g/mol. The summed E-state index contributed by atoms with van der Waals surface area (Å²) in [6.07, 6.45) is 0. The molecule has 0 aromatic carbocycles. The number of allylic oxidation sites excluding steroid dienone is 1. The molecule has 1 saturated heterocycles. The van der Waals surface area contributed by atoms with E-state index in [1.165, 1.54) is 0 Å². The fraction of sp³-hybridized carbons (Fsp3) is 0.667. The van der Waals surface area contributed by atoms with Crippen LogP contribution in [-0.2, 0) is 0 Å². The maximum absolute atomic E-state index is 4.92. The molecule has 0 atom stereocenters. The Labute approximate surface area is 56.3 Å². The highest BCUT2D eigenvalue weighted by Crippen LogP contribution is 1.62. The molecule has 0 spiro atoms. The zero-order chi connectivity index (χ0) is 7.11. The predicted octanol–water partition coefficient (Wildman–Crippen LogP) is -0.385. The molecule has 1 heterocycles. The smallest absolute Gasteiger partial charge is 0.0455 e. The Kier molecular flexibility index (Phi) is 5.26. The molecule has 4 N–H and O–H groups in total. The molecule has 0 unspecified atom stereocenters. The lowest BCUT2D eigenvalue weighted by atomic mass is 10.6. The molecule has 0 bridgehead atoms. The van der Waals surface area contributed by atoms with Crippen molar-refractivity contribution in [1.82, 2.24) is 10.6 Å². The monoisotopic (exact) mass is 129 g/mol. The predicted molar refractivity (Wildman–Crippen MR) is 39.9 cm³/mol. The van der Waals surface area contributed by atoms with Gasteiger partial charge in [0.2, 0.25) is 0 Å². The van der Waals surface area contributed by atoms with Crippen molar-refractivity contribution in [3.63, 3.8) is 0 Å². The van der Waals surface area contributed by atoms with Crippen LogP contribution in [0.4, 0.5) is 0 Å². The summed E-state index contributed by atoms with van der Waals surface area (Å²) in [5, 5.41) is 6.22. The first-order valence-corrected chi connectivity index (χ1v) is 3.06. The molecule has 3 nitrogen and oxygen atoms in total. The highest BCUT2D eigenvalue weighted by atomic mass is 15.1. The quantitative estimate of drug-likeness (QED) is 0.418. The van der Waals surface area contributed by atoms with Crippen LogP contribution in [0.2, 0.25) is 0 Å². The number of nitrogens with two attached hydrogens (primary N) is 1. The van der Waals surface area contributed by atoms with Gasteiger partial charge in [-0.05, 0) is 12.6 Å². The largest absolute Gasteiger partial charge is 0.403 e. The van der Waals surface area contributed by atoms with Gasteiger partial charge in [0.05, 0.1) is 0 Å². The van der Waals surface area contributed by atoms with Crippen LogP contribution in [0.3, 0.4) is 0 Å². The molecule has 1 aliphatic rings. The third kappa shape index (κ3) is 11.2. The molecule has 9 heavy (non-hydrogen) atoms. The molecule has 3 heteroatoms. The van der Waals surface area contributed by atoms with Gasteiger partial charge in [-0.2, -0.15) is 0 Å². The summed E-state index contributed by atoms with van der Waals surface area (Å²) in [7, 11) is 0. The Morgan fingerprint density at radius 3 is 1.89 bits per heavy atom. The summed E-state index contributed by atoms with van der Waals surface area (Å²) in [5.74, 6) is 0. The minimum absolute atomic E-state index is 0.667. The van der Waals surface area contributed by atoms with Gasteiger partial charge in [0.15, 0.2) is 0 Å². The standard InChI is InChI=1S/C3H8N2.C3H7N/c1-2-5-3-4-1;1-3(2)4/h4-5H,1-3H2;1,4H2,2H3. The molecule has 1 rings (SSSR count). The van der Waals surface area contributed by atoms with Crippen LogP contribution >= 0.6 is 0 Å². The molecule has 1 aliphatic heterocycles. The zero-order valence-corrected chi connectivity index (χ0v) is 5.91. The van der Waals surface area contributed by atoms with Gasteiger partial charge in [-0.3, -0.25) is 0 Å². The lowest BCUT2D eigenvalue weighted by Gasteiger charge is -1.77. The second-order valence-corrected chi connectivity index (χ2v) is 2.02. The fourth-order valence-electron chi connectivity index (χ4n) is 0.442. The molecule has 54 valence electrons. The molecule has 0 aromatic rings. The van der Waals surface area contributed by atoms with Gasteiger partial charge in [0.1, 0.15) is 0 Å². The first-order valence-electron chi connectivity index (χ1n) is 3.06. The topological polar surface area (TPSA) is 50.1 Å². The Morgan fingerprint density at radius 2 is 1.78 bits per heavy atom. The van der Waals surface area contributed by atoms with E-state index >= 15 is 0 Å². The molecule has 0 aliphatic carbocycles. The number of rotatable bonds is 0. The SMILES string of the molecule is C1CNCN1.C=C(C)N. The summed E-state index contributed by atoms with van der Waals surface area (Å²) in [6, 6.07) is 0. The summed E-state index contributed by atoms with van der Waals surface area (Å²) in [5.41, 5.74) is 5.58. The molecule has 0 radical (unpaired) electrons.